The van der Waals surface area contributed by atoms with Crippen molar-refractivity contribution >= 4 is 17.7 Å². The van der Waals surface area contributed by atoms with Gasteiger partial charge in [0.15, 0.2) is 0 Å². The Morgan fingerprint density at radius 3 is 2.36 bits per heavy atom. The molecule has 50 heavy (non-hydrogen) atoms. The molecule has 10 nitrogen and oxygen atoms in total. The first kappa shape index (κ1) is 35.9. The minimum absolute atomic E-state index is 0.0438. The van der Waals surface area contributed by atoms with Crippen molar-refractivity contribution in [3.63, 3.8) is 0 Å². The van der Waals surface area contributed by atoms with Crippen LogP contribution in [0.2, 0.25) is 0 Å². The first-order chi connectivity index (χ1) is 23.2. The minimum Gasteiger partial charge on any atom is -0.444 e. The van der Waals surface area contributed by atoms with E-state index in [9.17, 15) is 28.0 Å². The van der Waals surface area contributed by atoms with Crippen LogP contribution in [-0.2, 0) is 33.3 Å². The number of rotatable bonds is 6. The number of amides is 2. The molecule has 0 aliphatic carbocycles. The molecule has 2 aromatic heterocycles. The van der Waals surface area contributed by atoms with Gasteiger partial charge in [-0.2, -0.15) is 18.4 Å². The molecule has 15 heteroatoms. The molecule has 1 aliphatic heterocycles. The van der Waals surface area contributed by atoms with E-state index in [0.717, 1.165) is 25.3 Å². The summed E-state index contributed by atoms with van der Waals surface area (Å²) in [6.07, 6.45) is -5.34. The second kappa shape index (κ2) is 12.8. The molecule has 2 atom stereocenters. The van der Waals surface area contributed by atoms with Crippen molar-refractivity contribution in [2.75, 3.05) is 4.90 Å². The molecule has 5 rings (SSSR count). The molecule has 1 N–H and O–H groups in total. The number of carbonyl (C=O) groups excluding carboxylic acids is 2. The lowest BCUT2D eigenvalue weighted by molar-refractivity contribution is -0.137. The number of benzene rings is 2. The van der Waals surface area contributed by atoms with Gasteiger partial charge in [-0.25, -0.2) is 13.6 Å². The van der Waals surface area contributed by atoms with E-state index in [1.807, 2.05) is 6.07 Å². The van der Waals surface area contributed by atoms with Gasteiger partial charge in [0.05, 0.1) is 35.1 Å². The van der Waals surface area contributed by atoms with Crippen LogP contribution < -0.4 is 10.2 Å². The Morgan fingerprint density at radius 2 is 1.78 bits per heavy atom. The highest BCUT2D eigenvalue weighted by Gasteiger charge is 2.44. The SMILES string of the molecule is CC(C)(C)OC(=O)NC1CC(C)(F)c2cc(F)c(-c3nnc(C(C)(C)C#N)o3)cc2N(Cc2ccc(-c3ccc(C(F)(F)F)cn3)cc2)C1=O. The van der Waals surface area contributed by atoms with Gasteiger partial charge >= 0.3 is 12.3 Å². The van der Waals surface area contributed by atoms with Gasteiger partial charge in [-0.15, -0.1) is 10.2 Å². The second-order valence-corrected chi connectivity index (χ2v) is 13.6. The van der Waals surface area contributed by atoms with Crippen molar-refractivity contribution < 1.29 is 40.7 Å². The average Bonchev–Trinajstić information content (AvgIpc) is 3.51. The number of nitrogens with one attached hydrogen (secondary N) is 1. The van der Waals surface area contributed by atoms with Crippen LogP contribution in [0.25, 0.3) is 22.7 Å². The van der Waals surface area contributed by atoms with Crippen molar-refractivity contribution in [3.8, 4) is 28.8 Å². The highest BCUT2D eigenvalue weighted by Crippen LogP contribution is 2.44. The molecule has 1 aliphatic rings. The van der Waals surface area contributed by atoms with Crippen LogP contribution in [-0.4, -0.2) is 38.8 Å². The Labute approximate surface area is 284 Å². The number of ether oxygens (including phenoxy) is 1. The summed E-state index contributed by atoms with van der Waals surface area (Å²) in [4.78, 5) is 32.1. The fraction of sp³-hybridized carbons (Fsp3) is 0.371. The van der Waals surface area contributed by atoms with E-state index in [4.69, 9.17) is 9.15 Å². The van der Waals surface area contributed by atoms with E-state index < -0.39 is 58.7 Å². The number of anilines is 1. The maximum absolute atomic E-state index is 16.6. The van der Waals surface area contributed by atoms with Gasteiger partial charge in [-0.05, 0) is 71.4 Å². The predicted octanol–water partition coefficient (Wildman–Crippen LogP) is 7.77. The van der Waals surface area contributed by atoms with Crippen molar-refractivity contribution in [2.24, 2.45) is 0 Å². The van der Waals surface area contributed by atoms with Crippen molar-refractivity contribution in [2.45, 2.75) is 83.4 Å². The van der Waals surface area contributed by atoms with E-state index in [0.29, 0.717) is 11.1 Å². The molecule has 2 aromatic carbocycles. The average molecular weight is 697 g/mol. The zero-order chi connectivity index (χ0) is 36.8. The predicted molar refractivity (Wildman–Crippen MR) is 170 cm³/mol. The van der Waals surface area contributed by atoms with Gasteiger partial charge in [0.1, 0.15) is 28.5 Å². The number of alkyl carbamates (subject to hydrolysis) is 1. The number of hydrogen-bond donors (Lipinski definition) is 1. The maximum atomic E-state index is 16.6. The van der Waals surface area contributed by atoms with E-state index in [-0.39, 0.29) is 40.8 Å². The van der Waals surface area contributed by atoms with E-state index >= 15 is 8.78 Å². The molecule has 0 saturated carbocycles. The van der Waals surface area contributed by atoms with Crippen LogP contribution in [0, 0.1) is 17.1 Å². The maximum Gasteiger partial charge on any atom is 0.417 e. The number of fused-ring (bicyclic) bond motifs is 1. The fourth-order valence-electron chi connectivity index (χ4n) is 5.31. The summed E-state index contributed by atoms with van der Waals surface area (Å²) in [5.41, 5.74) is -4.60. The lowest BCUT2D eigenvalue weighted by Gasteiger charge is -2.27. The summed E-state index contributed by atoms with van der Waals surface area (Å²) in [5.74, 6) is -2.06. The van der Waals surface area contributed by atoms with Crippen LogP contribution in [0.5, 0.6) is 0 Å². The monoisotopic (exact) mass is 696 g/mol. The lowest BCUT2D eigenvalue weighted by atomic mass is 9.90. The molecular formula is C35H33F5N6O4. The Balaban J connectivity index is 1.57. The number of halogens is 5. The molecule has 0 saturated heterocycles. The number of nitrogens with zero attached hydrogens (tertiary/aromatic N) is 5. The third kappa shape index (κ3) is 7.59. The smallest absolute Gasteiger partial charge is 0.417 e. The summed E-state index contributed by atoms with van der Waals surface area (Å²) in [6.45, 7) is 8.90. The van der Waals surface area contributed by atoms with Crippen molar-refractivity contribution in [1.29, 1.82) is 5.26 Å². The van der Waals surface area contributed by atoms with Gasteiger partial charge in [0.2, 0.25) is 11.8 Å². The third-order valence-electron chi connectivity index (χ3n) is 7.93. The number of nitriles is 1. The molecule has 0 fully saturated rings. The number of alkyl halides is 4. The topological polar surface area (TPSA) is 134 Å². The zero-order valence-corrected chi connectivity index (χ0v) is 27.9. The molecule has 0 spiro atoms. The third-order valence-corrected chi connectivity index (χ3v) is 7.93. The molecule has 0 bridgehead atoms. The molecule has 262 valence electrons. The largest absolute Gasteiger partial charge is 0.444 e. The van der Waals surface area contributed by atoms with Gasteiger partial charge in [-0.1, -0.05) is 24.3 Å². The summed E-state index contributed by atoms with van der Waals surface area (Å²) in [6, 6.07) is 11.3. The lowest BCUT2D eigenvalue weighted by Crippen LogP contribution is -2.50. The quantitative estimate of drug-likeness (QED) is 0.202. The Hall–Kier alpha value is -5.39. The van der Waals surface area contributed by atoms with Crippen LogP contribution in [0.3, 0.4) is 0 Å². The van der Waals surface area contributed by atoms with E-state index in [1.54, 1.807) is 45.0 Å². The standard InChI is InChI=1S/C35H33F5N6O4/c1-32(2,3)50-31(48)43-26-15-34(6,37)23-14-24(36)22(28-44-45-30(49-28)33(4,5)18-41)13-27(23)46(29(26)47)17-19-7-9-20(10-8-19)25-12-11-21(16-42-25)35(38,39)40/h7-14,16,26H,15,17H2,1-6H3,(H,43,48). The summed E-state index contributed by atoms with van der Waals surface area (Å²) in [7, 11) is 0. The molecule has 4 aromatic rings. The Morgan fingerprint density at radius 1 is 1.10 bits per heavy atom. The molecule has 0 radical (unpaired) electrons. The van der Waals surface area contributed by atoms with Gasteiger partial charge < -0.3 is 19.4 Å². The van der Waals surface area contributed by atoms with Gasteiger partial charge in [-0.3, -0.25) is 9.78 Å². The molecular weight excluding hydrogens is 663 g/mol. The minimum atomic E-state index is -4.54. The molecule has 2 unspecified atom stereocenters. The highest BCUT2D eigenvalue weighted by molar-refractivity contribution is 6.01. The molecule has 3 heterocycles. The first-order valence-electron chi connectivity index (χ1n) is 15.4. The summed E-state index contributed by atoms with van der Waals surface area (Å²) >= 11 is 0. The van der Waals surface area contributed by atoms with Crippen LogP contribution >= 0.6 is 0 Å². The number of hydrogen-bond acceptors (Lipinski definition) is 8. The van der Waals surface area contributed by atoms with Crippen LogP contribution in [0.15, 0.2) is 59.1 Å². The molecule has 2 amide bonds. The summed E-state index contributed by atoms with van der Waals surface area (Å²) in [5, 5.41) is 19.7. The number of pyridine rings is 1. The Kier molecular flexibility index (Phi) is 9.20. The van der Waals surface area contributed by atoms with Crippen LogP contribution in [0.4, 0.5) is 32.4 Å². The summed E-state index contributed by atoms with van der Waals surface area (Å²) < 4.78 is 82.4. The van der Waals surface area contributed by atoms with Gasteiger partial charge in [0, 0.05) is 23.7 Å². The van der Waals surface area contributed by atoms with E-state index in [1.165, 1.54) is 30.9 Å². The normalized spacial score (nSPS) is 18.2. The van der Waals surface area contributed by atoms with Crippen LogP contribution in [0.1, 0.15) is 70.5 Å². The van der Waals surface area contributed by atoms with E-state index in [2.05, 4.69) is 20.5 Å². The van der Waals surface area contributed by atoms with Crippen molar-refractivity contribution in [1.82, 2.24) is 20.5 Å². The number of carbonyl (C=O) groups is 2. The van der Waals surface area contributed by atoms with Gasteiger partial charge in [0.25, 0.3) is 5.89 Å². The first-order valence-corrected chi connectivity index (χ1v) is 15.4. The fourth-order valence-corrected chi connectivity index (χ4v) is 5.31. The second-order valence-electron chi connectivity index (χ2n) is 13.6. The highest BCUT2D eigenvalue weighted by atomic mass is 19.4. The van der Waals surface area contributed by atoms with Crippen molar-refractivity contribution in [3.05, 3.63) is 83.1 Å². The number of aromatic nitrogens is 3. The zero-order valence-electron chi connectivity index (χ0n) is 27.9. The Bertz CT molecular complexity index is 1960.